The molecule has 0 fully saturated rings. The van der Waals surface area contributed by atoms with Crippen LogP contribution in [0.1, 0.15) is 5.56 Å². The van der Waals surface area contributed by atoms with Crippen molar-refractivity contribution in [1.29, 1.82) is 0 Å². The Morgan fingerprint density at radius 2 is 1.68 bits per heavy atom. The molecule has 0 saturated heterocycles. The minimum atomic E-state index is -3.96. The van der Waals surface area contributed by atoms with Crippen LogP contribution in [0.4, 0.5) is 0 Å². The van der Waals surface area contributed by atoms with Crippen LogP contribution in [0, 0.1) is 0 Å². The Morgan fingerprint density at radius 3 is 2.44 bits per heavy atom. The van der Waals surface area contributed by atoms with Crippen LogP contribution in [0.2, 0.25) is 0 Å². The molecule has 0 atom stereocenters. The van der Waals surface area contributed by atoms with Crippen LogP contribution in [0.15, 0.2) is 64.5 Å². The second kappa shape index (κ2) is 6.60. The lowest BCUT2D eigenvalue weighted by atomic mass is 10.1. The topological polar surface area (TPSA) is 122 Å². The number of sulfonamides is 2. The number of benzene rings is 2. The molecule has 1 heterocycles. The summed E-state index contributed by atoms with van der Waals surface area (Å²) in [6.45, 7) is 0.184. The smallest absolute Gasteiger partial charge is 0.240 e. The van der Waals surface area contributed by atoms with Crippen LogP contribution in [0.3, 0.4) is 0 Å². The zero-order valence-corrected chi connectivity index (χ0v) is 14.8. The second-order valence-corrected chi connectivity index (χ2v) is 8.86. The molecule has 0 spiro atoms. The van der Waals surface area contributed by atoms with Crippen LogP contribution >= 0.6 is 0 Å². The third-order valence-electron chi connectivity index (χ3n) is 3.81. The zero-order chi connectivity index (χ0) is 18.1. The van der Waals surface area contributed by atoms with Crippen molar-refractivity contribution in [3.8, 4) is 0 Å². The van der Waals surface area contributed by atoms with E-state index in [9.17, 15) is 16.8 Å². The van der Waals surface area contributed by atoms with Gasteiger partial charge in [-0.25, -0.2) is 26.7 Å². The fourth-order valence-electron chi connectivity index (χ4n) is 2.56. The summed E-state index contributed by atoms with van der Waals surface area (Å²) >= 11 is 0. The Kier molecular flexibility index (Phi) is 4.65. The van der Waals surface area contributed by atoms with Gasteiger partial charge in [0.15, 0.2) is 0 Å². The molecule has 4 N–H and O–H groups in total. The summed E-state index contributed by atoms with van der Waals surface area (Å²) in [5.74, 6) is 0. The Labute approximate surface area is 146 Å². The number of hydrogen-bond acceptors (Lipinski definition) is 4. The van der Waals surface area contributed by atoms with Crippen LogP contribution in [0.5, 0.6) is 0 Å². The average Bonchev–Trinajstić information content (AvgIpc) is 2.97. The van der Waals surface area contributed by atoms with E-state index in [4.69, 9.17) is 5.14 Å². The van der Waals surface area contributed by atoms with Gasteiger partial charge in [-0.05, 0) is 36.2 Å². The molecular formula is C16H17N3O4S2. The highest BCUT2D eigenvalue weighted by molar-refractivity contribution is 7.90. The second-order valence-electron chi connectivity index (χ2n) is 5.53. The molecule has 9 heteroatoms. The van der Waals surface area contributed by atoms with Gasteiger partial charge in [-0.2, -0.15) is 0 Å². The Bertz CT molecular complexity index is 1120. The number of hydrogen-bond donors (Lipinski definition) is 3. The van der Waals surface area contributed by atoms with Gasteiger partial charge in [0.05, 0.1) is 9.79 Å². The molecule has 25 heavy (non-hydrogen) atoms. The molecule has 0 aliphatic carbocycles. The summed E-state index contributed by atoms with van der Waals surface area (Å²) in [6.07, 6.45) is 2.35. The van der Waals surface area contributed by atoms with E-state index in [2.05, 4.69) is 9.71 Å². The Morgan fingerprint density at radius 1 is 0.960 bits per heavy atom. The SMILES string of the molecule is NS(=O)(=O)c1cccc(S(=O)(=O)NCCc2c[nH]c3ccccc23)c1. The third-order valence-corrected chi connectivity index (χ3v) is 6.18. The normalized spacial score (nSPS) is 12.5. The lowest BCUT2D eigenvalue weighted by Gasteiger charge is -2.07. The van der Waals surface area contributed by atoms with E-state index in [1.807, 2.05) is 30.5 Å². The van der Waals surface area contributed by atoms with Gasteiger partial charge in [0.2, 0.25) is 20.0 Å². The third kappa shape index (κ3) is 3.90. The Balaban J connectivity index is 1.74. The number of nitrogens with one attached hydrogen (secondary N) is 2. The number of aromatic nitrogens is 1. The minimum Gasteiger partial charge on any atom is -0.361 e. The van der Waals surface area contributed by atoms with Crippen molar-refractivity contribution in [2.24, 2.45) is 5.14 Å². The van der Waals surface area contributed by atoms with Crippen molar-refractivity contribution in [3.63, 3.8) is 0 Å². The first kappa shape index (κ1) is 17.6. The highest BCUT2D eigenvalue weighted by Crippen LogP contribution is 2.18. The molecule has 132 valence electrons. The predicted octanol–water partition coefficient (Wildman–Crippen LogP) is 1.34. The first-order chi connectivity index (χ1) is 11.8. The molecule has 3 aromatic rings. The van der Waals surface area contributed by atoms with Crippen molar-refractivity contribution in [2.75, 3.05) is 6.54 Å². The van der Waals surface area contributed by atoms with Gasteiger partial charge in [-0.1, -0.05) is 24.3 Å². The minimum absolute atomic E-state index is 0.141. The van der Waals surface area contributed by atoms with E-state index in [1.54, 1.807) is 0 Å². The van der Waals surface area contributed by atoms with Crippen LogP contribution in [-0.4, -0.2) is 28.4 Å². The number of rotatable bonds is 6. The number of nitrogens with two attached hydrogens (primary N) is 1. The predicted molar refractivity (Wildman–Crippen MR) is 95.0 cm³/mol. The number of fused-ring (bicyclic) bond motifs is 1. The summed E-state index contributed by atoms with van der Waals surface area (Å²) in [4.78, 5) is 2.75. The lowest BCUT2D eigenvalue weighted by molar-refractivity contribution is 0.581. The molecule has 0 radical (unpaired) electrons. The van der Waals surface area contributed by atoms with Crippen LogP contribution in [0.25, 0.3) is 10.9 Å². The molecule has 2 aromatic carbocycles. The molecule has 0 unspecified atom stereocenters. The molecule has 0 aliphatic heterocycles. The number of primary sulfonamides is 1. The highest BCUT2D eigenvalue weighted by Gasteiger charge is 2.17. The molecule has 3 rings (SSSR count). The summed E-state index contributed by atoms with van der Waals surface area (Å²) in [7, 11) is -7.79. The van der Waals surface area contributed by atoms with Gasteiger partial charge in [-0.15, -0.1) is 0 Å². The fraction of sp³-hybridized carbons (Fsp3) is 0.125. The zero-order valence-electron chi connectivity index (χ0n) is 13.1. The summed E-state index contributed by atoms with van der Waals surface area (Å²) in [5.41, 5.74) is 1.98. The first-order valence-corrected chi connectivity index (χ1v) is 10.5. The van der Waals surface area contributed by atoms with Gasteiger partial charge >= 0.3 is 0 Å². The van der Waals surface area contributed by atoms with Gasteiger partial charge in [0.1, 0.15) is 0 Å². The molecule has 0 amide bonds. The molecule has 1 aromatic heterocycles. The molecule has 0 saturated carbocycles. The van der Waals surface area contributed by atoms with E-state index in [0.717, 1.165) is 22.5 Å². The maximum Gasteiger partial charge on any atom is 0.240 e. The maximum atomic E-state index is 12.3. The first-order valence-electron chi connectivity index (χ1n) is 7.45. The van der Waals surface area contributed by atoms with E-state index >= 15 is 0 Å². The van der Waals surface area contributed by atoms with Gasteiger partial charge in [0, 0.05) is 23.6 Å². The molecular weight excluding hydrogens is 362 g/mol. The Hall–Kier alpha value is -2.20. The lowest BCUT2D eigenvalue weighted by Crippen LogP contribution is -2.26. The van der Waals surface area contributed by atoms with E-state index in [1.165, 1.54) is 18.2 Å². The largest absolute Gasteiger partial charge is 0.361 e. The van der Waals surface area contributed by atoms with Crippen LogP contribution < -0.4 is 9.86 Å². The van der Waals surface area contributed by atoms with Gasteiger partial charge in [0.25, 0.3) is 0 Å². The summed E-state index contributed by atoms with van der Waals surface area (Å²) in [6, 6.07) is 12.7. The fourth-order valence-corrected chi connectivity index (χ4v) is 4.27. The van der Waals surface area contributed by atoms with Crippen molar-refractivity contribution >= 4 is 30.9 Å². The van der Waals surface area contributed by atoms with E-state index in [-0.39, 0.29) is 16.3 Å². The maximum absolute atomic E-state index is 12.3. The quantitative estimate of drug-likeness (QED) is 0.598. The average molecular weight is 379 g/mol. The highest BCUT2D eigenvalue weighted by atomic mass is 32.2. The van der Waals surface area contributed by atoms with Gasteiger partial charge < -0.3 is 4.98 Å². The molecule has 0 aliphatic rings. The van der Waals surface area contributed by atoms with Crippen molar-refractivity contribution in [2.45, 2.75) is 16.2 Å². The standard InChI is InChI=1S/C16H17N3O4S2/c17-24(20,21)13-4-3-5-14(10-13)25(22,23)19-9-8-12-11-18-16-7-2-1-6-15(12)16/h1-7,10-11,18-19H,8-9H2,(H2,17,20,21). The number of aromatic amines is 1. The van der Waals surface area contributed by atoms with E-state index < -0.39 is 20.0 Å². The monoisotopic (exact) mass is 379 g/mol. The number of H-pyrrole nitrogens is 1. The summed E-state index contributed by atoms with van der Waals surface area (Å²) in [5, 5.41) is 6.08. The van der Waals surface area contributed by atoms with Crippen LogP contribution in [-0.2, 0) is 26.5 Å². The summed E-state index contributed by atoms with van der Waals surface area (Å²) < 4.78 is 49.9. The molecule has 7 nitrogen and oxygen atoms in total. The van der Waals surface area contributed by atoms with Crippen molar-refractivity contribution in [3.05, 3.63) is 60.3 Å². The molecule has 0 bridgehead atoms. The van der Waals surface area contributed by atoms with Crippen molar-refractivity contribution in [1.82, 2.24) is 9.71 Å². The van der Waals surface area contributed by atoms with E-state index in [0.29, 0.717) is 6.42 Å². The van der Waals surface area contributed by atoms with Gasteiger partial charge in [-0.3, -0.25) is 0 Å². The number of para-hydroxylation sites is 1. The van der Waals surface area contributed by atoms with Crippen molar-refractivity contribution < 1.29 is 16.8 Å².